The third-order valence-electron chi connectivity index (χ3n) is 1.97. The van der Waals surface area contributed by atoms with Crippen molar-refractivity contribution in [2.75, 3.05) is 30.3 Å². The molecule has 1 aromatic heterocycles. The van der Waals surface area contributed by atoms with E-state index in [9.17, 15) is 4.79 Å². The van der Waals surface area contributed by atoms with Gasteiger partial charge >= 0.3 is 5.97 Å². The Morgan fingerprint density at radius 3 is 2.65 bits per heavy atom. The van der Waals surface area contributed by atoms with Crippen LogP contribution in [0.5, 0.6) is 0 Å². The highest BCUT2D eigenvalue weighted by molar-refractivity contribution is 5.70. The van der Waals surface area contributed by atoms with Crippen LogP contribution in [0.3, 0.4) is 0 Å². The molecule has 0 fully saturated rings. The maximum absolute atomic E-state index is 11.1. The second kappa shape index (κ2) is 7.43. The summed E-state index contributed by atoms with van der Waals surface area (Å²) in [6.45, 7) is 5.51. The Bertz CT molecular complexity index is 357. The SMILES string of the molecule is CCNc1cc(NCCC(=O)OCC)ncn1. The van der Waals surface area contributed by atoms with Gasteiger partial charge in [-0.25, -0.2) is 9.97 Å². The first-order valence-corrected chi connectivity index (χ1v) is 5.71. The van der Waals surface area contributed by atoms with E-state index in [1.54, 1.807) is 13.0 Å². The van der Waals surface area contributed by atoms with Gasteiger partial charge in [-0.2, -0.15) is 0 Å². The minimum absolute atomic E-state index is 0.207. The summed E-state index contributed by atoms with van der Waals surface area (Å²) in [5.74, 6) is 1.25. The van der Waals surface area contributed by atoms with E-state index in [-0.39, 0.29) is 5.97 Å². The third kappa shape index (κ3) is 5.14. The molecule has 0 radical (unpaired) electrons. The molecule has 0 unspecified atom stereocenters. The molecule has 0 amide bonds. The Kier molecular flexibility index (Phi) is 5.77. The van der Waals surface area contributed by atoms with E-state index in [2.05, 4.69) is 20.6 Å². The first-order valence-electron chi connectivity index (χ1n) is 5.71. The molecule has 6 nitrogen and oxygen atoms in total. The molecular formula is C11H18N4O2. The fourth-order valence-electron chi connectivity index (χ4n) is 1.26. The summed E-state index contributed by atoms with van der Waals surface area (Å²) < 4.78 is 4.82. The van der Waals surface area contributed by atoms with Crippen LogP contribution in [0.1, 0.15) is 20.3 Å². The summed E-state index contributed by atoms with van der Waals surface area (Å²) in [5, 5.41) is 6.13. The molecule has 94 valence electrons. The Morgan fingerprint density at radius 2 is 2.00 bits per heavy atom. The topological polar surface area (TPSA) is 76.1 Å². The lowest BCUT2D eigenvalue weighted by atomic mass is 10.4. The monoisotopic (exact) mass is 238 g/mol. The third-order valence-corrected chi connectivity index (χ3v) is 1.97. The number of aromatic nitrogens is 2. The average Bonchev–Trinajstić information content (AvgIpc) is 2.30. The summed E-state index contributed by atoms with van der Waals surface area (Å²) in [4.78, 5) is 19.2. The van der Waals surface area contributed by atoms with Crippen LogP contribution in [0.4, 0.5) is 11.6 Å². The van der Waals surface area contributed by atoms with Crippen LogP contribution in [0.25, 0.3) is 0 Å². The molecule has 0 saturated carbocycles. The predicted molar refractivity (Wildman–Crippen MR) is 65.9 cm³/mol. The summed E-state index contributed by atoms with van der Waals surface area (Å²) in [7, 11) is 0. The average molecular weight is 238 g/mol. The maximum Gasteiger partial charge on any atom is 0.307 e. The molecule has 17 heavy (non-hydrogen) atoms. The molecule has 1 heterocycles. The number of carbonyl (C=O) groups is 1. The zero-order valence-corrected chi connectivity index (χ0v) is 10.2. The highest BCUT2D eigenvalue weighted by Gasteiger charge is 2.02. The minimum Gasteiger partial charge on any atom is -0.466 e. The van der Waals surface area contributed by atoms with Crippen LogP contribution in [-0.4, -0.2) is 35.6 Å². The quantitative estimate of drug-likeness (QED) is 0.697. The molecule has 1 aromatic rings. The Hall–Kier alpha value is -1.85. The van der Waals surface area contributed by atoms with Gasteiger partial charge in [-0.05, 0) is 13.8 Å². The number of carbonyl (C=O) groups excluding carboxylic acids is 1. The van der Waals surface area contributed by atoms with Gasteiger partial charge in [0, 0.05) is 19.2 Å². The van der Waals surface area contributed by atoms with E-state index in [4.69, 9.17) is 4.74 Å². The van der Waals surface area contributed by atoms with Crippen molar-refractivity contribution in [1.29, 1.82) is 0 Å². The lowest BCUT2D eigenvalue weighted by molar-refractivity contribution is -0.142. The number of nitrogens with one attached hydrogen (secondary N) is 2. The number of nitrogens with zero attached hydrogens (tertiary/aromatic N) is 2. The number of ether oxygens (including phenoxy) is 1. The van der Waals surface area contributed by atoms with Crippen LogP contribution >= 0.6 is 0 Å². The molecule has 0 aliphatic rings. The largest absolute Gasteiger partial charge is 0.466 e. The Labute approximate surface area is 101 Å². The zero-order valence-electron chi connectivity index (χ0n) is 10.2. The number of hydrogen-bond donors (Lipinski definition) is 2. The van der Waals surface area contributed by atoms with Crippen molar-refractivity contribution >= 4 is 17.6 Å². The van der Waals surface area contributed by atoms with Crippen molar-refractivity contribution in [1.82, 2.24) is 9.97 Å². The van der Waals surface area contributed by atoms with Gasteiger partial charge in [-0.3, -0.25) is 4.79 Å². The Morgan fingerprint density at radius 1 is 1.29 bits per heavy atom. The molecule has 2 N–H and O–H groups in total. The number of hydrogen-bond acceptors (Lipinski definition) is 6. The molecule has 0 bridgehead atoms. The molecule has 6 heteroatoms. The smallest absolute Gasteiger partial charge is 0.307 e. The van der Waals surface area contributed by atoms with E-state index >= 15 is 0 Å². The molecule has 0 saturated heterocycles. The lowest BCUT2D eigenvalue weighted by Gasteiger charge is -2.07. The van der Waals surface area contributed by atoms with Gasteiger partial charge in [-0.15, -0.1) is 0 Å². The van der Waals surface area contributed by atoms with Crippen molar-refractivity contribution < 1.29 is 9.53 Å². The summed E-state index contributed by atoms with van der Waals surface area (Å²) >= 11 is 0. The normalized spacial score (nSPS) is 9.76. The molecule has 1 rings (SSSR count). The summed E-state index contributed by atoms with van der Waals surface area (Å²) in [6.07, 6.45) is 1.80. The fourth-order valence-corrected chi connectivity index (χ4v) is 1.26. The minimum atomic E-state index is -0.207. The van der Waals surface area contributed by atoms with E-state index in [1.165, 1.54) is 6.33 Å². The van der Waals surface area contributed by atoms with Crippen LogP contribution in [-0.2, 0) is 9.53 Å². The van der Waals surface area contributed by atoms with Crippen LogP contribution in [0.2, 0.25) is 0 Å². The highest BCUT2D eigenvalue weighted by Crippen LogP contribution is 2.07. The second-order valence-corrected chi connectivity index (χ2v) is 3.30. The Balaban J connectivity index is 2.35. The van der Waals surface area contributed by atoms with Gasteiger partial charge in [0.25, 0.3) is 0 Å². The van der Waals surface area contributed by atoms with Gasteiger partial charge in [-0.1, -0.05) is 0 Å². The number of anilines is 2. The summed E-state index contributed by atoms with van der Waals surface area (Å²) in [6, 6.07) is 1.80. The highest BCUT2D eigenvalue weighted by atomic mass is 16.5. The van der Waals surface area contributed by atoms with Gasteiger partial charge in [0.2, 0.25) is 0 Å². The van der Waals surface area contributed by atoms with Crippen molar-refractivity contribution in [3.8, 4) is 0 Å². The number of esters is 1. The van der Waals surface area contributed by atoms with E-state index in [0.29, 0.717) is 25.4 Å². The van der Waals surface area contributed by atoms with Crippen molar-refractivity contribution in [2.24, 2.45) is 0 Å². The van der Waals surface area contributed by atoms with Crippen LogP contribution < -0.4 is 10.6 Å². The fraction of sp³-hybridized carbons (Fsp3) is 0.545. The zero-order chi connectivity index (χ0) is 12.5. The molecule has 0 aliphatic carbocycles. The van der Waals surface area contributed by atoms with E-state index < -0.39 is 0 Å². The van der Waals surface area contributed by atoms with Crippen molar-refractivity contribution in [3.05, 3.63) is 12.4 Å². The lowest BCUT2D eigenvalue weighted by Crippen LogP contribution is -2.12. The maximum atomic E-state index is 11.1. The van der Waals surface area contributed by atoms with E-state index in [1.807, 2.05) is 6.92 Å². The van der Waals surface area contributed by atoms with Gasteiger partial charge < -0.3 is 15.4 Å². The van der Waals surface area contributed by atoms with Gasteiger partial charge in [0.05, 0.1) is 13.0 Å². The number of rotatable bonds is 7. The molecule has 0 aromatic carbocycles. The van der Waals surface area contributed by atoms with Gasteiger partial charge in [0.15, 0.2) is 0 Å². The standard InChI is InChI=1S/C11H18N4O2/c1-3-12-9-7-10(15-8-14-9)13-6-5-11(16)17-4-2/h7-8H,3-6H2,1-2H3,(H2,12,13,14,15). The predicted octanol–water partition coefficient (Wildman–Crippen LogP) is 1.27. The molecule has 0 atom stereocenters. The first-order chi connectivity index (χ1) is 8.26. The summed E-state index contributed by atoms with van der Waals surface area (Å²) in [5.41, 5.74) is 0. The van der Waals surface area contributed by atoms with Gasteiger partial charge in [0.1, 0.15) is 18.0 Å². The molecular weight excluding hydrogens is 220 g/mol. The molecule has 0 spiro atoms. The van der Waals surface area contributed by atoms with Crippen LogP contribution in [0.15, 0.2) is 12.4 Å². The van der Waals surface area contributed by atoms with Crippen molar-refractivity contribution in [2.45, 2.75) is 20.3 Å². The second-order valence-electron chi connectivity index (χ2n) is 3.30. The van der Waals surface area contributed by atoms with Crippen LogP contribution in [0, 0.1) is 0 Å². The van der Waals surface area contributed by atoms with Crippen molar-refractivity contribution in [3.63, 3.8) is 0 Å². The molecule has 0 aliphatic heterocycles. The first kappa shape index (κ1) is 13.2. The van der Waals surface area contributed by atoms with E-state index in [0.717, 1.165) is 12.4 Å².